The van der Waals surface area contributed by atoms with Gasteiger partial charge in [-0.1, -0.05) is 6.07 Å². The number of alkyl halides is 3. The van der Waals surface area contributed by atoms with Gasteiger partial charge in [-0.25, -0.2) is 0 Å². The van der Waals surface area contributed by atoms with Crippen molar-refractivity contribution in [3.8, 4) is 34.1 Å². The molecule has 7 nitrogen and oxygen atoms in total. The zero-order valence-electron chi connectivity index (χ0n) is 19.4. The summed E-state index contributed by atoms with van der Waals surface area (Å²) in [5, 5.41) is 4.93. The third-order valence-electron chi connectivity index (χ3n) is 5.56. The third kappa shape index (κ3) is 5.58. The van der Waals surface area contributed by atoms with Gasteiger partial charge in [-0.3, -0.25) is 4.79 Å². The van der Waals surface area contributed by atoms with E-state index in [-0.39, 0.29) is 10.9 Å². The number of hydrogen-bond acceptors (Lipinski definition) is 6. The van der Waals surface area contributed by atoms with Crippen molar-refractivity contribution in [2.24, 2.45) is 0 Å². The fourth-order valence-electron chi connectivity index (χ4n) is 4.08. The molecular formula is C23H24BrF3N2O5S. The molecule has 0 heterocycles. The maximum Gasteiger partial charge on any atom is 0.405 e. The molecule has 1 aliphatic rings. The van der Waals surface area contributed by atoms with Crippen molar-refractivity contribution in [2.45, 2.75) is 25.1 Å². The van der Waals surface area contributed by atoms with E-state index in [2.05, 4.69) is 26.6 Å². The molecule has 1 atom stereocenters. The number of benzene rings is 1. The number of rotatable bonds is 6. The number of thiocarbonyl (C=S) groups is 1. The predicted molar refractivity (Wildman–Crippen MR) is 133 cm³/mol. The van der Waals surface area contributed by atoms with Crippen LogP contribution in [0.15, 0.2) is 27.5 Å². The third-order valence-corrected chi connectivity index (χ3v) is 6.66. The zero-order valence-corrected chi connectivity index (χ0v) is 21.8. The van der Waals surface area contributed by atoms with E-state index < -0.39 is 24.2 Å². The zero-order chi connectivity index (χ0) is 25.9. The van der Waals surface area contributed by atoms with Crippen LogP contribution in [0.25, 0.3) is 11.1 Å². The van der Waals surface area contributed by atoms with Crippen LogP contribution in [0.1, 0.15) is 23.6 Å². The minimum Gasteiger partial charge on any atom is -0.493 e. The topological polar surface area (TPSA) is 78.0 Å². The van der Waals surface area contributed by atoms with Crippen LogP contribution in [-0.2, 0) is 6.42 Å². The molecule has 2 aromatic carbocycles. The molecule has 35 heavy (non-hydrogen) atoms. The summed E-state index contributed by atoms with van der Waals surface area (Å²) in [6.45, 7) is -1.28. The SMILES string of the molecule is COc1c(Br)c2c(c(OC)c1OC)-c1ccc(OC)c(=O)cc1[C@@H](NC(=S)NCC(F)(F)F)CC2. The second-order valence-electron chi connectivity index (χ2n) is 7.58. The molecule has 0 radical (unpaired) electrons. The summed E-state index contributed by atoms with van der Waals surface area (Å²) >= 11 is 8.73. The fourth-order valence-corrected chi connectivity index (χ4v) is 5.03. The van der Waals surface area contributed by atoms with Gasteiger partial charge in [-0.2, -0.15) is 13.2 Å². The van der Waals surface area contributed by atoms with Crippen LogP contribution in [0.4, 0.5) is 13.2 Å². The minimum atomic E-state index is -4.43. The van der Waals surface area contributed by atoms with Gasteiger partial charge < -0.3 is 29.6 Å². The first-order valence-electron chi connectivity index (χ1n) is 10.4. The summed E-state index contributed by atoms with van der Waals surface area (Å²) in [7, 11) is 5.86. The summed E-state index contributed by atoms with van der Waals surface area (Å²) in [6.07, 6.45) is -3.58. The Morgan fingerprint density at radius 3 is 2.31 bits per heavy atom. The Morgan fingerprint density at radius 2 is 1.74 bits per heavy atom. The molecule has 3 rings (SSSR count). The standard InChI is InChI=1S/C23H24BrF3N2O5S/c1-31-16-8-6-11-13(9-15(16)30)14(29-22(35)28-10-23(25,26)27)7-5-12-17(11)19(32-2)21(34-4)20(33-3)18(12)24/h6,8-9,14H,5,7,10H2,1-4H3,(H2,28,29,35)/t14-/m0/s1. The van der Waals surface area contributed by atoms with Crippen molar-refractivity contribution >= 4 is 33.3 Å². The summed E-state index contributed by atoms with van der Waals surface area (Å²) in [6, 6.07) is 4.06. The lowest BCUT2D eigenvalue weighted by atomic mass is 9.95. The molecule has 0 bridgehead atoms. The van der Waals surface area contributed by atoms with E-state index in [9.17, 15) is 18.0 Å². The van der Waals surface area contributed by atoms with Gasteiger partial charge in [0.2, 0.25) is 11.2 Å². The van der Waals surface area contributed by atoms with Gasteiger partial charge in [-0.15, -0.1) is 0 Å². The molecule has 1 aliphatic carbocycles. The predicted octanol–water partition coefficient (Wildman–Crippen LogP) is 4.52. The van der Waals surface area contributed by atoms with Gasteiger partial charge in [0.05, 0.1) is 39.0 Å². The van der Waals surface area contributed by atoms with Crippen molar-refractivity contribution in [3.05, 3.63) is 44.0 Å². The smallest absolute Gasteiger partial charge is 0.405 e. The molecule has 0 saturated carbocycles. The van der Waals surface area contributed by atoms with Crippen molar-refractivity contribution in [1.82, 2.24) is 10.6 Å². The lowest BCUT2D eigenvalue weighted by Crippen LogP contribution is -2.42. The maximum atomic E-state index is 12.8. The summed E-state index contributed by atoms with van der Waals surface area (Å²) < 4.78 is 60.8. The molecular weight excluding hydrogens is 553 g/mol. The first-order chi connectivity index (χ1) is 16.6. The molecule has 0 amide bonds. The Bertz CT molecular complexity index is 1190. The monoisotopic (exact) mass is 576 g/mol. The molecule has 0 aromatic heterocycles. The lowest BCUT2D eigenvalue weighted by molar-refractivity contribution is -0.122. The minimum absolute atomic E-state index is 0.106. The van der Waals surface area contributed by atoms with E-state index in [4.69, 9.17) is 31.2 Å². The Balaban J connectivity index is 2.26. The second kappa shape index (κ2) is 10.9. The van der Waals surface area contributed by atoms with Gasteiger partial charge in [0.1, 0.15) is 6.54 Å². The highest BCUT2D eigenvalue weighted by Gasteiger charge is 2.32. The average molecular weight is 577 g/mol. The van der Waals surface area contributed by atoms with Crippen LogP contribution < -0.4 is 35.0 Å². The summed E-state index contributed by atoms with van der Waals surface area (Å²) in [4.78, 5) is 12.8. The number of fused-ring (bicyclic) bond motifs is 3. The Morgan fingerprint density at radius 1 is 1.09 bits per heavy atom. The quantitative estimate of drug-likeness (QED) is 0.486. The summed E-state index contributed by atoms with van der Waals surface area (Å²) in [5.41, 5.74) is 2.20. The largest absolute Gasteiger partial charge is 0.493 e. The molecule has 190 valence electrons. The van der Waals surface area contributed by atoms with E-state index in [1.807, 2.05) is 0 Å². The normalized spacial score (nSPS) is 14.7. The van der Waals surface area contributed by atoms with Crippen LogP contribution in [0.2, 0.25) is 0 Å². The first-order valence-corrected chi connectivity index (χ1v) is 11.6. The Labute approximate surface area is 214 Å². The van der Waals surface area contributed by atoms with Crippen molar-refractivity contribution in [3.63, 3.8) is 0 Å². The molecule has 0 saturated heterocycles. The van der Waals surface area contributed by atoms with Gasteiger partial charge in [0.15, 0.2) is 22.4 Å². The van der Waals surface area contributed by atoms with E-state index in [1.165, 1.54) is 40.6 Å². The number of nitrogens with one attached hydrogen (secondary N) is 2. The number of hydrogen-bond donors (Lipinski definition) is 2. The van der Waals surface area contributed by atoms with E-state index >= 15 is 0 Å². The number of methoxy groups -OCH3 is 4. The highest BCUT2D eigenvalue weighted by Crippen LogP contribution is 2.54. The van der Waals surface area contributed by atoms with Crippen molar-refractivity contribution < 1.29 is 32.1 Å². The number of ether oxygens (including phenoxy) is 4. The summed E-state index contributed by atoms with van der Waals surface area (Å²) in [5.74, 6) is 1.27. The average Bonchev–Trinajstić information content (AvgIpc) is 3.06. The first kappa shape index (κ1) is 26.9. The van der Waals surface area contributed by atoms with Crippen LogP contribution >= 0.6 is 28.1 Å². The van der Waals surface area contributed by atoms with Gasteiger partial charge in [-0.05, 0) is 69.8 Å². The second-order valence-corrected chi connectivity index (χ2v) is 8.78. The Kier molecular flexibility index (Phi) is 8.37. The van der Waals surface area contributed by atoms with Crippen LogP contribution in [0, 0.1) is 0 Å². The molecule has 0 unspecified atom stereocenters. The van der Waals surface area contributed by atoms with E-state index in [0.717, 1.165) is 5.56 Å². The van der Waals surface area contributed by atoms with Crippen LogP contribution in [0.5, 0.6) is 23.0 Å². The lowest BCUT2D eigenvalue weighted by Gasteiger charge is -2.22. The molecule has 0 fully saturated rings. The Hall–Kier alpha value is -2.73. The van der Waals surface area contributed by atoms with Crippen molar-refractivity contribution in [2.75, 3.05) is 35.0 Å². The molecule has 0 spiro atoms. The molecule has 12 heteroatoms. The molecule has 2 aromatic rings. The highest BCUT2D eigenvalue weighted by atomic mass is 79.9. The van der Waals surface area contributed by atoms with Crippen molar-refractivity contribution in [1.29, 1.82) is 0 Å². The van der Waals surface area contributed by atoms with Gasteiger partial charge in [0, 0.05) is 5.56 Å². The van der Waals surface area contributed by atoms with Gasteiger partial charge >= 0.3 is 6.18 Å². The maximum absolute atomic E-state index is 12.8. The van der Waals surface area contributed by atoms with E-state index in [0.29, 0.717) is 51.3 Å². The number of halogens is 4. The fraction of sp³-hybridized carbons (Fsp3) is 0.391. The molecule has 0 aliphatic heterocycles. The van der Waals surface area contributed by atoms with E-state index in [1.54, 1.807) is 6.07 Å². The van der Waals surface area contributed by atoms with Crippen LogP contribution in [-0.4, -0.2) is 46.3 Å². The molecule has 2 N–H and O–H groups in total. The van der Waals surface area contributed by atoms with Crippen LogP contribution in [0.3, 0.4) is 0 Å². The highest BCUT2D eigenvalue weighted by molar-refractivity contribution is 9.10. The van der Waals surface area contributed by atoms with Gasteiger partial charge in [0.25, 0.3) is 0 Å².